The first-order chi connectivity index (χ1) is 11.6. The molecule has 3 aromatic rings. The molecule has 0 N–H and O–H groups in total. The van der Waals surface area contributed by atoms with E-state index in [1.807, 2.05) is 75.6 Å². The molecule has 0 aliphatic rings. The molecule has 0 unspecified atom stereocenters. The lowest BCUT2D eigenvalue weighted by Crippen LogP contribution is -2.04. The van der Waals surface area contributed by atoms with Gasteiger partial charge in [0.25, 0.3) is 0 Å². The summed E-state index contributed by atoms with van der Waals surface area (Å²) in [5.74, 6) is 2.10. The monoisotopic (exact) mass is 318 g/mol. The molecule has 0 aliphatic carbocycles. The van der Waals surface area contributed by atoms with Crippen molar-refractivity contribution in [2.75, 3.05) is 14.1 Å². The molecule has 0 amide bonds. The van der Waals surface area contributed by atoms with Crippen LogP contribution >= 0.6 is 0 Å². The SMILES string of the molecule is Cc1nc(-c2ccccc2)nn1-c1ccccc1OC#CN(C)C. The Balaban J connectivity index is 1.99. The van der Waals surface area contributed by atoms with Gasteiger partial charge in [-0.15, -0.1) is 5.10 Å². The van der Waals surface area contributed by atoms with Gasteiger partial charge in [-0.2, -0.15) is 0 Å². The minimum atomic E-state index is 0.638. The lowest BCUT2D eigenvalue weighted by Gasteiger charge is -2.07. The Hall–Kier alpha value is -3.26. The number of aryl methyl sites for hydroxylation is 1. The number of aromatic nitrogens is 3. The maximum absolute atomic E-state index is 5.58. The Morgan fingerprint density at radius 3 is 2.46 bits per heavy atom. The summed E-state index contributed by atoms with van der Waals surface area (Å²) in [5.41, 5.74) is 1.78. The zero-order chi connectivity index (χ0) is 16.9. The molecule has 3 rings (SSSR count). The van der Waals surface area contributed by atoms with Gasteiger partial charge in [-0.05, 0) is 19.1 Å². The van der Waals surface area contributed by atoms with Crippen molar-refractivity contribution in [3.63, 3.8) is 0 Å². The van der Waals surface area contributed by atoms with Crippen LogP contribution in [0, 0.1) is 19.1 Å². The predicted octanol–water partition coefficient (Wildman–Crippen LogP) is 3.10. The number of nitrogens with zero attached hydrogens (tertiary/aromatic N) is 4. The normalized spacial score (nSPS) is 9.96. The van der Waals surface area contributed by atoms with Gasteiger partial charge in [0.15, 0.2) is 11.6 Å². The van der Waals surface area contributed by atoms with Crippen LogP contribution in [0.4, 0.5) is 0 Å². The van der Waals surface area contributed by atoms with Gasteiger partial charge in [-0.25, -0.2) is 9.67 Å². The minimum absolute atomic E-state index is 0.638. The molecule has 0 atom stereocenters. The number of rotatable bonds is 3. The number of hydrogen-bond acceptors (Lipinski definition) is 4. The first-order valence-electron chi connectivity index (χ1n) is 7.58. The fraction of sp³-hybridized carbons (Fsp3) is 0.158. The van der Waals surface area contributed by atoms with Crippen molar-refractivity contribution in [2.24, 2.45) is 0 Å². The predicted molar refractivity (Wildman–Crippen MR) is 93.6 cm³/mol. The van der Waals surface area contributed by atoms with Crippen molar-refractivity contribution in [3.8, 4) is 35.0 Å². The molecule has 120 valence electrons. The number of hydrogen-bond donors (Lipinski definition) is 0. The Morgan fingerprint density at radius 1 is 1.00 bits per heavy atom. The molecule has 0 spiro atoms. The van der Waals surface area contributed by atoms with Crippen molar-refractivity contribution in [1.29, 1.82) is 0 Å². The van der Waals surface area contributed by atoms with Crippen molar-refractivity contribution in [3.05, 3.63) is 60.4 Å². The van der Waals surface area contributed by atoms with E-state index in [1.165, 1.54) is 0 Å². The lowest BCUT2D eigenvalue weighted by molar-refractivity contribution is 0.500. The van der Waals surface area contributed by atoms with Gasteiger partial charge in [0.05, 0.1) is 6.04 Å². The van der Waals surface area contributed by atoms with E-state index >= 15 is 0 Å². The third kappa shape index (κ3) is 3.39. The van der Waals surface area contributed by atoms with Crippen molar-refractivity contribution < 1.29 is 4.74 Å². The number of benzene rings is 2. The Kier molecular flexibility index (Phi) is 4.48. The van der Waals surface area contributed by atoms with E-state index in [-0.39, 0.29) is 0 Å². The highest BCUT2D eigenvalue weighted by atomic mass is 16.5. The maximum atomic E-state index is 5.58. The minimum Gasteiger partial charge on any atom is -0.404 e. The van der Waals surface area contributed by atoms with Crippen LogP contribution in [-0.2, 0) is 0 Å². The fourth-order valence-corrected chi connectivity index (χ4v) is 2.22. The van der Waals surface area contributed by atoms with Crippen molar-refractivity contribution in [2.45, 2.75) is 6.92 Å². The summed E-state index contributed by atoms with van der Waals surface area (Å²) in [7, 11) is 3.71. The van der Waals surface area contributed by atoms with Crippen LogP contribution in [0.15, 0.2) is 54.6 Å². The second kappa shape index (κ2) is 6.88. The van der Waals surface area contributed by atoms with Crippen LogP contribution in [0.25, 0.3) is 17.1 Å². The van der Waals surface area contributed by atoms with Crippen LogP contribution in [0.1, 0.15) is 5.82 Å². The summed E-state index contributed by atoms with van der Waals surface area (Å²) in [6, 6.07) is 20.4. The topological polar surface area (TPSA) is 43.2 Å². The van der Waals surface area contributed by atoms with Gasteiger partial charge in [0.1, 0.15) is 17.6 Å². The number of ether oxygens (including phenoxy) is 1. The first kappa shape index (κ1) is 15.6. The van der Waals surface area contributed by atoms with Gasteiger partial charge in [-0.3, -0.25) is 0 Å². The van der Waals surface area contributed by atoms with Crippen LogP contribution in [0.2, 0.25) is 0 Å². The molecule has 0 saturated carbocycles. The van der Waals surface area contributed by atoms with Gasteiger partial charge < -0.3 is 9.64 Å². The summed E-state index contributed by atoms with van der Waals surface area (Å²) < 4.78 is 7.35. The maximum Gasteiger partial charge on any atom is 0.181 e. The van der Waals surface area contributed by atoms with Gasteiger partial charge in [-0.1, -0.05) is 42.5 Å². The molecule has 5 nitrogen and oxygen atoms in total. The third-order valence-electron chi connectivity index (χ3n) is 3.32. The van der Waals surface area contributed by atoms with E-state index in [2.05, 4.69) is 22.2 Å². The molecule has 0 radical (unpaired) electrons. The van der Waals surface area contributed by atoms with E-state index in [0.29, 0.717) is 11.6 Å². The highest BCUT2D eigenvalue weighted by Crippen LogP contribution is 2.24. The Morgan fingerprint density at radius 2 is 1.71 bits per heavy atom. The van der Waals surface area contributed by atoms with E-state index in [4.69, 9.17) is 4.74 Å². The molecule has 0 fully saturated rings. The molecular formula is C19H18N4O. The van der Waals surface area contributed by atoms with E-state index < -0.39 is 0 Å². The molecule has 5 heteroatoms. The summed E-state index contributed by atoms with van der Waals surface area (Å²) >= 11 is 0. The van der Waals surface area contributed by atoms with Crippen molar-refractivity contribution >= 4 is 0 Å². The van der Waals surface area contributed by atoms with Crippen LogP contribution < -0.4 is 4.74 Å². The van der Waals surface area contributed by atoms with Crippen molar-refractivity contribution in [1.82, 2.24) is 19.7 Å². The highest BCUT2D eigenvalue weighted by Gasteiger charge is 2.13. The zero-order valence-corrected chi connectivity index (χ0v) is 13.9. The molecule has 0 saturated heterocycles. The lowest BCUT2D eigenvalue weighted by atomic mass is 10.2. The van der Waals surface area contributed by atoms with Gasteiger partial charge in [0, 0.05) is 19.7 Å². The molecule has 1 heterocycles. The average Bonchev–Trinajstić information content (AvgIpc) is 2.97. The summed E-state index contributed by atoms with van der Waals surface area (Å²) in [6.07, 6.45) is 2.68. The molecule has 0 aliphatic heterocycles. The second-order valence-electron chi connectivity index (χ2n) is 5.44. The zero-order valence-electron chi connectivity index (χ0n) is 13.9. The van der Waals surface area contributed by atoms with Gasteiger partial charge >= 0.3 is 0 Å². The smallest absolute Gasteiger partial charge is 0.181 e. The van der Waals surface area contributed by atoms with Crippen LogP contribution in [-0.4, -0.2) is 33.8 Å². The molecule has 24 heavy (non-hydrogen) atoms. The molecule has 1 aromatic heterocycles. The highest BCUT2D eigenvalue weighted by molar-refractivity contribution is 5.55. The van der Waals surface area contributed by atoms with Crippen LogP contribution in [0.3, 0.4) is 0 Å². The quantitative estimate of drug-likeness (QED) is 0.550. The summed E-state index contributed by atoms with van der Waals surface area (Å²) in [6.45, 7) is 1.92. The second-order valence-corrected chi connectivity index (χ2v) is 5.44. The summed E-state index contributed by atoms with van der Waals surface area (Å²) in [5, 5.41) is 4.62. The molecule has 0 bridgehead atoms. The van der Waals surface area contributed by atoms with Gasteiger partial charge in [0.2, 0.25) is 0 Å². The van der Waals surface area contributed by atoms with Crippen LogP contribution in [0.5, 0.6) is 5.75 Å². The fourth-order valence-electron chi connectivity index (χ4n) is 2.22. The van der Waals surface area contributed by atoms with E-state index in [0.717, 1.165) is 17.1 Å². The summed E-state index contributed by atoms with van der Waals surface area (Å²) in [4.78, 5) is 6.29. The average molecular weight is 318 g/mol. The van der Waals surface area contributed by atoms with E-state index in [1.54, 1.807) is 9.58 Å². The Labute approximate surface area is 141 Å². The molecule has 2 aromatic carbocycles. The molecular weight excluding hydrogens is 300 g/mol. The largest absolute Gasteiger partial charge is 0.404 e. The first-order valence-corrected chi connectivity index (χ1v) is 7.58. The third-order valence-corrected chi connectivity index (χ3v) is 3.32. The Bertz CT molecular complexity index is 888. The standard InChI is InChI=1S/C19H18N4O/c1-15-20-19(16-9-5-4-6-10-16)21-23(15)17-11-7-8-12-18(17)24-14-13-22(2)3/h4-12H,1-3H3. The number of para-hydroxylation sites is 2. The van der Waals surface area contributed by atoms with E-state index in [9.17, 15) is 0 Å².